The Labute approximate surface area is 91.5 Å². The van der Waals surface area contributed by atoms with E-state index in [-0.39, 0.29) is 17.4 Å². The minimum absolute atomic E-state index is 0.0256. The average molecular weight is 214 g/mol. The molecule has 1 fully saturated rings. The maximum atomic E-state index is 11.6. The fourth-order valence-electron chi connectivity index (χ4n) is 1.70. The van der Waals surface area contributed by atoms with Crippen LogP contribution >= 0.6 is 0 Å². The molecule has 1 aliphatic heterocycles. The first kappa shape index (κ1) is 12.5. The third-order valence-corrected chi connectivity index (χ3v) is 2.78. The van der Waals surface area contributed by atoms with Crippen molar-refractivity contribution in [1.82, 2.24) is 5.32 Å². The molecule has 0 spiro atoms. The molecule has 1 amide bonds. The van der Waals surface area contributed by atoms with E-state index in [1.165, 1.54) is 0 Å². The van der Waals surface area contributed by atoms with E-state index in [9.17, 15) is 4.79 Å². The fraction of sp³-hybridized carbons (Fsp3) is 0.909. The maximum absolute atomic E-state index is 11.6. The van der Waals surface area contributed by atoms with Crippen LogP contribution in [0.4, 0.5) is 0 Å². The Bertz CT molecular complexity index is 211. The Morgan fingerprint density at radius 2 is 2.33 bits per heavy atom. The van der Waals surface area contributed by atoms with E-state index in [2.05, 4.69) is 19.2 Å². The first-order valence-corrected chi connectivity index (χ1v) is 5.64. The molecule has 3 N–H and O–H groups in total. The van der Waals surface area contributed by atoms with Crippen molar-refractivity contribution in [3.05, 3.63) is 0 Å². The first-order chi connectivity index (χ1) is 7.05. The second kappa shape index (κ2) is 5.47. The summed E-state index contributed by atoms with van der Waals surface area (Å²) in [4.78, 5) is 11.6. The lowest BCUT2D eigenvalue weighted by molar-refractivity contribution is -0.130. The normalized spacial score (nSPS) is 21.7. The Morgan fingerprint density at radius 3 is 2.87 bits per heavy atom. The van der Waals surface area contributed by atoms with Crippen molar-refractivity contribution in [3.8, 4) is 0 Å². The van der Waals surface area contributed by atoms with E-state index >= 15 is 0 Å². The standard InChI is InChI=1S/C11H22N2O2/c1-11(2,5-6-12)8-13-10(14)9-4-3-7-15-9/h9H,3-8,12H2,1-2H3,(H,13,14). The van der Waals surface area contributed by atoms with Crippen molar-refractivity contribution in [2.45, 2.75) is 39.2 Å². The van der Waals surface area contributed by atoms with Crippen LogP contribution in [0, 0.1) is 5.41 Å². The van der Waals surface area contributed by atoms with Crippen LogP contribution in [0.25, 0.3) is 0 Å². The minimum Gasteiger partial charge on any atom is -0.368 e. The highest BCUT2D eigenvalue weighted by Crippen LogP contribution is 2.18. The van der Waals surface area contributed by atoms with Crippen LogP contribution in [0.2, 0.25) is 0 Å². The molecule has 1 heterocycles. The van der Waals surface area contributed by atoms with Crippen LogP contribution in [-0.2, 0) is 9.53 Å². The monoisotopic (exact) mass is 214 g/mol. The van der Waals surface area contributed by atoms with E-state index < -0.39 is 0 Å². The Hall–Kier alpha value is -0.610. The highest BCUT2D eigenvalue weighted by Gasteiger charge is 2.25. The molecule has 4 heteroatoms. The maximum Gasteiger partial charge on any atom is 0.249 e. The van der Waals surface area contributed by atoms with Gasteiger partial charge in [0.25, 0.3) is 0 Å². The van der Waals surface area contributed by atoms with Gasteiger partial charge in [-0.3, -0.25) is 4.79 Å². The summed E-state index contributed by atoms with van der Waals surface area (Å²) >= 11 is 0. The van der Waals surface area contributed by atoms with Crippen LogP contribution in [0.15, 0.2) is 0 Å². The van der Waals surface area contributed by atoms with Crippen molar-refractivity contribution >= 4 is 5.91 Å². The molecule has 1 atom stereocenters. The molecule has 88 valence electrons. The van der Waals surface area contributed by atoms with E-state index in [0.29, 0.717) is 19.7 Å². The molecule has 0 aromatic carbocycles. The van der Waals surface area contributed by atoms with Crippen molar-refractivity contribution in [2.75, 3.05) is 19.7 Å². The SMILES string of the molecule is CC(C)(CCN)CNC(=O)C1CCCO1. The average Bonchev–Trinajstić information content (AvgIpc) is 2.67. The molecule has 1 aliphatic rings. The Kier molecular flexibility index (Phi) is 4.54. The van der Waals surface area contributed by atoms with Gasteiger partial charge in [-0.15, -0.1) is 0 Å². The van der Waals surface area contributed by atoms with Gasteiger partial charge < -0.3 is 15.8 Å². The minimum atomic E-state index is -0.223. The highest BCUT2D eigenvalue weighted by atomic mass is 16.5. The number of ether oxygens (including phenoxy) is 1. The topological polar surface area (TPSA) is 64.3 Å². The second-order valence-corrected chi connectivity index (χ2v) is 4.92. The number of nitrogens with one attached hydrogen (secondary N) is 1. The molecule has 4 nitrogen and oxygen atoms in total. The molecule has 1 saturated heterocycles. The fourth-order valence-corrected chi connectivity index (χ4v) is 1.70. The quantitative estimate of drug-likeness (QED) is 0.706. The lowest BCUT2D eigenvalue weighted by atomic mass is 9.89. The molecule has 0 aromatic rings. The van der Waals surface area contributed by atoms with Crippen LogP contribution < -0.4 is 11.1 Å². The van der Waals surface area contributed by atoms with Gasteiger partial charge in [0.2, 0.25) is 5.91 Å². The molecular weight excluding hydrogens is 192 g/mol. The molecule has 0 aromatic heterocycles. The number of carbonyl (C=O) groups is 1. The summed E-state index contributed by atoms with van der Waals surface area (Å²) < 4.78 is 5.30. The van der Waals surface area contributed by atoms with Gasteiger partial charge in [-0.25, -0.2) is 0 Å². The van der Waals surface area contributed by atoms with Crippen LogP contribution in [0.1, 0.15) is 33.1 Å². The van der Waals surface area contributed by atoms with E-state index in [0.717, 1.165) is 19.3 Å². The Morgan fingerprint density at radius 1 is 1.60 bits per heavy atom. The summed E-state index contributed by atoms with van der Waals surface area (Å²) in [5.74, 6) is 0.0256. The molecule has 0 radical (unpaired) electrons. The predicted octanol–water partition coefficient (Wildman–Crippen LogP) is 0.657. The van der Waals surface area contributed by atoms with Crippen LogP contribution in [0.5, 0.6) is 0 Å². The molecule has 0 aliphatic carbocycles. The third-order valence-electron chi connectivity index (χ3n) is 2.78. The van der Waals surface area contributed by atoms with Crippen molar-refractivity contribution in [3.63, 3.8) is 0 Å². The van der Waals surface area contributed by atoms with Gasteiger partial charge in [-0.1, -0.05) is 13.8 Å². The Balaban J connectivity index is 2.26. The number of nitrogens with two attached hydrogens (primary N) is 1. The zero-order valence-corrected chi connectivity index (χ0v) is 9.71. The second-order valence-electron chi connectivity index (χ2n) is 4.92. The van der Waals surface area contributed by atoms with Crippen LogP contribution in [0.3, 0.4) is 0 Å². The number of amides is 1. The van der Waals surface area contributed by atoms with E-state index in [1.54, 1.807) is 0 Å². The summed E-state index contributed by atoms with van der Waals surface area (Å²) in [5.41, 5.74) is 5.58. The number of hydrogen-bond donors (Lipinski definition) is 2. The molecule has 1 rings (SSSR count). The largest absolute Gasteiger partial charge is 0.368 e. The van der Waals surface area contributed by atoms with Gasteiger partial charge in [0, 0.05) is 13.2 Å². The highest BCUT2D eigenvalue weighted by molar-refractivity contribution is 5.80. The van der Waals surface area contributed by atoms with E-state index in [1.807, 2.05) is 0 Å². The first-order valence-electron chi connectivity index (χ1n) is 5.64. The zero-order chi connectivity index (χ0) is 11.3. The molecular formula is C11H22N2O2. The van der Waals surface area contributed by atoms with E-state index in [4.69, 9.17) is 10.5 Å². The molecule has 15 heavy (non-hydrogen) atoms. The van der Waals surface area contributed by atoms with Gasteiger partial charge in [-0.05, 0) is 31.2 Å². The summed E-state index contributed by atoms with van der Waals surface area (Å²) in [6, 6.07) is 0. The van der Waals surface area contributed by atoms with Gasteiger partial charge in [0.05, 0.1) is 0 Å². The zero-order valence-electron chi connectivity index (χ0n) is 9.71. The predicted molar refractivity (Wildman–Crippen MR) is 59.4 cm³/mol. The molecule has 0 saturated carbocycles. The van der Waals surface area contributed by atoms with Crippen LogP contribution in [-0.4, -0.2) is 31.7 Å². The van der Waals surface area contributed by atoms with Gasteiger partial charge in [-0.2, -0.15) is 0 Å². The summed E-state index contributed by atoms with van der Waals surface area (Å²) in [5, 5.41) is 2.93. The summed E-state index contributed by atoms with van der Waals surface area (Å²) in [6.07, 6.45) is 2.53. The smallest absolute Gasteiger partial charge is 0.249 e. The number of carbonyl (C=O) groups excluding carboxylic acids is 1. The number of hydrogen-bond acceptors (Lipinski definition) is 3. The summed E-state index contributed by atoms with van der Waals surface area (Å²) in [7, 11) is 0. The lowest BCUT2D eigenvalue weighted by Crippen LogP contribution is -2.40. The number of rotatable bonds is 5. The summed E-state index contributed by atoms with van der Waals surface area (Å²) in [6.45, 7) is 6.25. The molecule has 0 bridgehead atoms. The van der Waals surface area contributed by atoms with Gasteiger partial charge in [0.15, 0.2) is 0 Å². The van der Waals surface area contributed by atoms with Crippen molar-refractivity contribution in [1.29, 1.82) is 0 Å². The van der Waals surface area contributed by atoms with Crippen molar-refractivity contribution in [2.24, 2.45) is 11.1 Å². The van der Waals surface area contributed by atoms with Gasteiger partial charge >= 0.3 is 0 Å². The lowest BCUT2D eigenvalue weighted by Gasteiger charge is -2.24. The van der Waals surface area contributed by atoms with Gasteiger partial charge in [0.1, 0.15) is 6.10 Å². The molecule has 1 unspecified atom stereocenters. The third kappa shape index (κ3) is 4.18. The van der Waals surface area contributed by atoms with Crippen molar-refractivity contribution < 1.29 is 9.53 Å².